The van der Waals surface area contributed by atoms with Crippen molar-refractivity contribution >= 4 is 5.97 Å². The molecule has 2 bridgehead atoms. The lowest BCUT2D eigenvalue weighted by Gasteiger charge is -2.54. The third-order valence-corrected chi connectivity index (χ3v) is 6.27. The zero-order valence-corrected chi connectivity index (χ0v) is 13.1. The maximum atomic E-state index is 11.5. The first kappa shape index (κ1) is 14.4. The van der Waals surface area contributed by atoms with E-state index >= 15 is 0 Å². The standard InChI is InChI=1S/C17H30NO2/c1-13(19)20-17-14-7-6-8-15(17)16(10-9-14)18(2)11-4-3-5-12-18/h14-17H,3-12H2,1-2H3/q+1/t14-,15-,16+,17-/m0/s1. The minimum absolute atomic E-state index is 0.0751. The van der Waals surface area contributed by atoms with E-state index in [-0.39, 0.29) is 12.1 Å². The topological polar surface area (TPSA) is 26.3 Å². The van der Waals surface area contributed by atoms with Gasteiger partial charge in [0.05, 0.1) is 26.2 Å². The van der Waals surface area contributed by atoms with Gasteiger partial charge in [0.2, 0.25) is 0 Å². The third kappa shape index (κ3) is 2.61. The fourth-order valence-corrected chi connectivity index (χ4v) is 5.33. The molecule has 0 unspecified atom stereocenters. The molecule has 0 radical (unpaired) electrons. The minimum Gasteiger partial charge on any atom is -0.462 e. The van der Waals surface area contributed by atoms with Gasteiger partial charge in [-0.15, -0.1) is 0 Å². The van der Waals surface area contributed by atoms with E-state index in [9.17, 15) is 4.79 Å². The summed E-state index contributed by atoms with van der Waals surface area (Å²) in [6.45, 7) is 4.24. The van der Waals surface area contributed by atoms with Crippen LogP contribution in [0.4, 0.5) is 0 Å². The monoisotopic (exact) mass is 280 g/mol. The zero-order valence-electron chi connectivity index (χ0n) is 13.1. The van der Waals surface area contributed by atoms with Crippen LogP contribution in [0.15, 0.2) is 0 Å². The lowest BCUT2D eigenvalue weighted by molar-refractivity contribution is -0.943. The van der Waals surface area contributed by atoms with E-state index in [0.717, 1.165) is 6.04 Å². The average Bonchev–Trinajstić information content (AvgIpc) is 2.38. The lowest BCUT2D eigenvalue weighted by atomic mass is 9.66. The Morgan fingerprint density at radius 3 is 2.45 bits per heavy atom. The number of carbonyl (C=O) groups is 1. The Bertz CT molecular complexity index is 362. The van der Waals surface area contributed by atoms with Crippen LogP contribution in [-0.4, -0.2) is 42.7 Å². The van der Waals surface area contributed by atoms with Gasteiger partial charge in [-0.05, 0) is 44.4 Å². The summed E-state index contributed by atoms with van der Waals surface area (Å²) in [4.78, 5) is 11.5. The van der Waals surface area contributed by atoms with Gasteiger partial charge >= 0.3 is 5.97 Å². The number of esters is 1. The molecule has 0 aromatic carbocycles. The molecule has 1 heterocycles. The lowest BCUT2D eigenvalue weighted by Crippen LogP contribution is -2.63. The molecule has 3 aliphatic rings. The van der Waals surface area contributed by atoms with Crippen molar-refractivity contribution in [3.8, 4) is 0 Å². The molecular weight excluding hydrogens is 250 g/mol. The predicted molar refractivity (Wildman–Crippen MR) is 79.2 cm³/mol. The van der Waals surface area contributed by atoms with Gasteiger partial charge < -0.3 is 9.22 Å². The van der Waals surface area contributed by atoms with Crippen LogP contribution in [-0.2, 0) is 9.53 Å². The van der Waals surface area contributed by atoms with Crippen molar-refractivity contribution in [2.45, 2.75) is 70.4 Å². The number of nitrogens with zero attached hydrogens (tertiary/aromatic N) is 1. The average molecular weight is 280 g/mol. The molecule has 4 atom stereocenters. The van der Waals surface area contributed by atoms with Crippen molar-refractivity contribution in [1.29, 1.82) is 0 Å². The summed E-state index contributed by atoms with van der Waals surface area (Å²) in [5, 5.41) is 0. The molecule has 0 amide bonds. The summed E-state index contributed by atoms with van der Waals surface area (Å²) in [6, 6.07) is 0.733. The largest absolute Gasteiger partial charge is 0.462 e. The van der Waals surface area contributed by atoms with Crippen LogP contribution in [0.3, 0.4) is 0 Å². The molecule has 1 aliphatic heterocycles. The minimum atomic E-state index is -0.0751. The number of carbonyl (C=O) groups excluding carboxylic acids is 1. The van der Waals surface area contributed by atoms with Gasteiger partial charge in [-0.3, -0.25) is 4.79 Å². The van der Waals surface area contributed by atoms with Gasteiger partial charge in [-0.25, -0.2) is 0 Å². The summed E-state index contributed by atoms with van der Waals surface area (Å²) in [6.07, 6.45) is 10.9. The van der Waals surface area contributed by atoms with E-state index in [2.05, 4.69) is 7.05 Å². The zero-order chi connectivity index (χ0) is 14.2. The molecule has 3 rings (SSSR count). The van der Waals surface area contributed by atoms with Gasteiger partial charge in [0.15, 0.2) is 0 Å². The van der Waals surface area contributed by atoms with Crippen molar-refractivity contribution in [2.24, 2.45) is 11.8 Å². The Kier molecular flexibility index (Phi) is 4.07. The highest BCUT2D eigenvalue weighted by Crippen LogP contribution is 2.46. The summed E-state index contributed by atoms with van der Waals surface area (Å²) >= 11 is 0. The molecule has 2 aliphatic carbocycles. The van der Waals surface area contributed by atoms with Crippen LogP contribution in [0, 0.1) is 11.8 Å². The van der Waals surface area contributed by atoms with Crippen LogP contribution in [0.5, 0.6) is 0 Å². The fraction of sp³-hybridized carbons (Fsp3) is 0.941. The molecule has 1 saturated heterocycles. The second-order valence-electron chi connectivity index (χ2n) is 7.56. The highest BCUT2D eigenvalue weighted by molar-refractivity contribution is 5.66. The maximum Gasteiger partial charge on any atom is 0.302 e. The second-order valence-corrected chi connectivity index (χ2v) is 7.56. The van der Waals surface area contributed by atoms with E-state index in [1.807, 2.05) is 0 Å². The Balaban J connectivity index is 1.79. The Morgan fingerprint density at radius 1 is 1.00 bits per heavy atom. The Labute approximate surface area is 123 Å². The van der Waals surface area contributed by atoms with Crippen LogP contribution in [0.2, 0.25) is 0 Å². The maximum absolute atomic E-state index is 11.5. The van der Waals surface area contributed by atoms with Crippen molar-refractivity contribution in [1.82, 2.24) is 0 Å². The summed E-state index contributed by atoms with van der Waals surface area (Å²) < 4.78 is 7.02. The van der Waals surface area contributed by atoms with Gasteiger partial charge in [0, 0.05) is 19.3 Å². The number of likely N-dealkylation sites (tertiary alicyclic amines) is 1. The third-order valence-electron chi connectivity index (χ3n) is 6.27. The summed E-state index contributed by atoms with van der Waals surface area (Å²) in [5.41, 5.74) is 0. The molecule has 0 aromatic rings. The number of ether oxygens (including phenoxy) is 1. The number of rotatable bonds is 2. The highest BCUT2D eigenvalue weighted by Gasteiger charge is 2.50. The molecule has 2 saturated carbocycles. The van der Waals surface area contributed by atoms with Crippen molar-refractivity contribution in [3.05, 3.63) is 0 Å². The van der Waals surface area contributed by atoms with Gasteiger partial charge in [0.1, 0.15) is 6.10 Å². The first-order valence-corrected chi connectivity index (χ1v) is 8.61. The van der Waals surface area contributed by atoms with E-state index in [0.29, 0.717) is 11.8 Å². The van der Waals surface area contributed by atoms with Crippen LogP contribution in [0.1, 0.15) is 58.3 Å². The van der Waals surface area contributed by atoms with Crippen LogP contribution >= 0.6 is 0 Å². The molecule has 3 nitrogen and oxygen atoms in total. The fourth-order valence-electron chi connectivity index (χ4n) is 5.33. The number of hydrogen-bond donors (Lipinski definition) is 0. The highest BCUT2D eigenvalue weighted by atomic mass is 16.5. The smallest absolute Gasteiger partial charge is 0.302 e. The first-order chi connectivity index (χ1) is 9.60. The molecule has 0 aromatic heterocycles. The van der Waals surface area contributed by atoms with Gasteiger partial charge in [0.25, 0.3) is 0 Å². The van der Waals surface area contributed by atoms with Crippen molar-refractivity contribution in [2.75, 3.05) is 20.1 Å². The van der Waals surface area contributed by atoms with E-state index < -0.39 is 0 Å². The molecule has 0 spiro atoms. The molecule has 3 heteroatoms. The number of quaternary nitrogens is 1. The summed E-state index contributed by atoms with van der Waals surface area (Å²) in [7, 11) is 2.46. The first-order valence-electron chi connectivity index (χ1n) is 8.61. The van der Waals surface area contributed by atoms with E-state index in [1.165, 1.54) is 68.9 Å². The predicted octanol–water partition coefficient (Wildman–Crippen LogP) is 3.13. The number of hydrogen-bond acceptors (Lipinski definition) is 2. The quantitative estimate of drug-likeness (QED) is 0.574. The molecule has 0 N–H and O–H groups in total. The molecular formula is C17H30NO2+. The van der Waals surface area contributed by atoms with E-state index in [4.69, 9.17) is 4.74 Å². The van der Waals surface area contributed by atoms with Gasteiger partial charge in [-0.1, -0.05) is 6.42 Å². The molecule has 20 heavy (non-hydrogen) atoms. The van der Waals surface area contributed by atoms with Crippen molar-refractivity contribution < 1.29 is 14.0 Å². The SMILES string of the molecule is CC(=O)O[C@H]1[C@H]2CCC[C@H]1[C@H]([N+]1(C)CCCCC1)CC2. The van der Waals surface area contributed by atoms with E-state index in [1.54, 1.807) is 6.92 Å². The van der Waals surface area contributed by atoms with Crippen LogP contribution in [0.25, 0.3) is 0 Å². The Hall–Kier alpha value is -0.570. The molecule has 114 valence electrons. The normalized spacial score (nSPS) is 40.1. The molecule has 3 fully saturated rings. The van der Waals surface area contributed by atoms with Crippen LogP contribution < -0.4 is 0 Å². The Morgan fingerprint density at radius 2 is 1.75 bits per heavy atom. The second kappa shape index (κ2) is 5.67. The number of piperidine rings is 1. The number of fused-ring (bicyclic) bond motifs is 2. The van der Waals surface area contributed by atoms with Gasteiger partial charge in [-0.2, -0.15) is 0 Å². The van der Waals surface area contributed by atoms with Crippen molar-refractivity contribution in [3.63, 3.8) is 0 Å². The summed E-state index contributed by atoms with van der Waals surface area (Å²) in [5.74, 6) is 1.19.